The molecule has 494 valence electrons. The van der Waals surface area contributed by atoms with E-state index < -0.39 is 12.1 Å². The van der Waals surface area contributed by atoms with Crippen LogP contribution in [0, 0.1) is 0 Å². The molecule has 0 saturated carbocycles. The maximum absolute atomic E-state index is 12.5. The number of unbranched alkanes of at least 4 members (excludes halogenated alkanes) is 60. The van der Waals surface area contributed by atoms with Crippen LogP contribution in [0.2, 0.25) is 0 Å². The van der Waals surface area contributed by atoms with Crippen LogP contribution in [0.3, 0.4) is 0 Å². The molecule has 0 aliphatic heterocycles. The van der Waals surface area contributed by atoms with Crippen molar-refractivity contribution in [2.45, 2.75) is 456 Å². The van der Waals surface area contributed by atoms with Crippen molar-refractivity contribution < 1.29 is 24.5 Å². The van der Waals surface area contributed by atoms with Crippen LogP contribution in [-0.4, -0.2) is 47.4 Å². The molecule has 0 aromatic heterocycles. The number of hydrogen-bond donors (Lipinski definition) is 3. The Morgan fingerprint density at radius 3 is 0.855 bits per heavy atom. The number of allylic oxidation sites excluding steroid dienone is 2. The summed E-state index contributed by atoms with van der Waals surface area (Å²) in [6, 6.07) is -0.537. The number of amides is 1. The summed E-state index contributed by atoms with van der Waals surface area (Å²) in [6.07, 6.45) is 91.6. The third-order valence-electron chi connectivity index (χ3n) is 18.3. The second-order valence-corrected chi connectivity index (χ2v) is 26.7. The Morgan fingerprint density at radius 1 is 0.325 bits per heavy atom. The Morgan fingerprint density at radius 2 is 0.566 bits per heavy atom. The molecule has 1 amide bonds. The van der Waals surface area contributed by atoms with Crippen LogP contribution in [0.25, 0.3) is 0 Å². The highest BCUT2D eigenvalue weighted by molar-refractivity contribution is 5.76. The van der Waals surface area contributed by atoms with E-state index in [-0.39, 0.29) is 18.5 Å². The molecule has 0 fully saturated rings. The molecule has 0 aromatic rings. The molecule has 0 aliphatic rings. The number of hydrogen-bond acceptors (Lipinski definition) is 5. The topological polar surface area (TPSA) is 95.9 Å². The van der Waals surface area contributed by atoms with Gasteiger partial charge in [0.15, 0.2) is 0 Å². The van der Waals surface area contributed by atoms with Gasteiger partial charge in [-0.2, -0.15) is 0 Å². The summed E-state index contributed by atoms with van der Waals surface area (Å²) < 4.78 is 5.49. The number of aliphatic hydroxyl groups is 2. The van der Waals surface area contributed by atoms with Gasteiger partial charge in [-0.25, -0.2) is 0 Å². The van der Waals surface area contributed by atoms with Gasteiger partial charge in [0.2, 0.25) is 5.91 Å². The Labute approximate surface area is 520 Å². The van der Waals surface area contributed by atoms with Gasteiger partial charge in [0.05, 0.1) is 25.4 Å². The minimum Gasteiger partial charge on any atom is -0.466 e. The Hall–Kier alpha value is -1.40. The van der Waals surface area contributed by atoms with E-state index in [0.717, 1.165) is 44.9 Å². The van der Waals surface area contributed by atoms with E-state index in [0.29, 0.717) is 25.9 Å². The van der Waals surface area contributed by atoms with Crippen LogP contribution in [0.1, 0.15) is 444 Å². The van der Waals surface area contributed by atoms with Gasteiger partial charge >= 0.3 is 5.97 Å². The Balaban J connectivity index is 3.30. The summed E-state index contributed by atoms with van der Waals surface area (Å²) in [5.41, 5.74) is 0. The Bertz CT molecular complexity index is 1260. The standard InChI is InChI=1S/C77H151NO5/c1-3-5-7-9-11-13-15-17-19-39-42-45-49-53-57-61-65-69-75(80)74(73-79)78-76(81)70-66-62-58-54-50-46-43-40-37-35-33-31-29-27-25-23-21-20-22-24-26-28-30-32-34-36-38-41-44-48-52-56-60-64-68-72-83-77(82)71-67-63-59-55-51-47-18-16-14-12-10-8-6-4-2/h16,18,74-75,79-80H,3-15,17,19-73H2,1-2H3,(H,78,81)/b18-16-. The van der Waals surface area contributed by atoms with Gasteiger partial charge in [0.25, 0.3) is 0 Å². The molecule has 0 radical (unpaired) electrons. The second kappa shape index (κ2) is 73.1. The molecule has 0 aliphatic carbocycles. The van der Waals surface area contributed by atoms with E-state index in [1.807, 2.05) is 0 Å². The quantitative estimate of drug-likeness (QED) is 0.0320. The van der Waals surface area contributed by atoms with Crippen molar-refractivity contribution in [2.75, 3.05) is 13.2 Å². The molecular weight excluding hydrogens is 1020 g/mol. The van der Waals surface area contributed by atoms with Crippen molar-refractivity contribution in [2.24, 2.45) is 0 Å². The first kappa shape index (κ1) is 81.6. The fraction of sp³-hybridized carbons (Fsp3) is 0.948. The monoisotopic (exact) mass is 1170 g/mol. The molecule has 6 heteroatoms. The lowest BCUT2D eigenvalue weighted by atomic mass is 10.0. The van der Waals surface area contributed by atoms with Gasteiger partial charge in [0.1, 0.15) is 0 Å². The Kier molecular flexibility index (Phi) is 71.8. The molecule has 0 saturated heterocycles. The lowest BCUT2D eigenvalue weighted by Gasteiger charge is -2.22. The van der Waals surface area contributed by atoms with Gasteiger partial charge in [-0.3, -0.25) is 9.59 Å². The molecule has 0 bridgehead atoms. The van der Waals surface area contributed by atoms with Crippen LogP contribution in [0.5, 0.6) is 0 Å². The fourth-order valence-electron chi connectivity index (χ4n) is 12.5. The third kappa shape index (κ3) is 69.6. The zero-order valence-electron chi connectivity index (χ0n) is 56.7. The van der Waals surface area contributed by atoms with Crippen molar-refractivity contribution in [3.05, 3.63) is 12.2 Å². The molecule has 0 rings (SSSR count). The molecule has 6 nitrogen and oxygen atoms in total. The summed E-state index contributed by atoms with van der Waals surface area (Å²) in [7, 11) is 0. The van der Waals surface area contributed by atoms with Crippen LogP contribution in [0.15, 0.2) is 12.2 Å². The van der Waals surface area contributed by atoms with Crippen molar-refractivity contribution in [3.8, 4) is 0 Å². The zero-order chi connectivity index (χ0) is 59.9. The van der Waals surface area contributed by atoms with E-state index >= 15 is 0 Å². The predicted octanol–water partition coefficient (Wildman–Crippen LogP) is 25.1. The first-order valence-corrected chi connectivity index (χ1v) is 38.4. The summed E-state index contributed by atoms with van der Waals surface area (Å²) in [5, 5.41) is 23.4. The molecule has 3 N–H and O–H groups in total. The smallest absolute Gasteiger partial charge is 0.305 e. The first-order chi connectivity index (χ1) is 41.0. The van der Waals surface area contributed by atoms with Crippen LogP contribution in [-0.2, 0) is 14.3 Å². The fourth-order valence-corrected chi connectivity index (χ4v) is 12.5. The SMILES string of the molecule is CCCCCCC/C=C\CCCCCCCC(=O)OCCCCCCCCCCCCCCCCCCCCCCCCCCCCCCCCCCCCCC(=O)NC(CO)C(O)CCCCCCCCCCCCCCCCCCC. The number of rotatable bonds is 73. The largest absolute Gasteiger partial charge is 0.466 e. The highest BCUT2D eigenvalue weighted by Gasteiger charge is 2.20. The van der Waals surface area contributed by atoms with Gasteiger partial charge in [-0.15, -0.1) is 0 Å². The number of ether oxygens (including phenoxy) is 1. The predicted molar refractivity (Wildman–Crippen MR) is 366 cm³/mol. The minimum absolute atomic E-state index is 0.0150. The summed E-state index contributed by atoms with van der Waals surface area (Å²) >= 11 is 0. The second-order valence-electron chi connectivity index (χ2n) is 26.7. The average molecular weight is 1170 g/mol. The van der Waals surface area contributed by atoms with Crippen LogP contribution in [0.4, 0.5) is 0 Å². The molecule has 0 heterocycles. The molecule has 83 heavy (non-hydrogen) atoms. The zero-order valence-corrected chi connectivity index (χ0v) is 56.7. The van der Waals surface area contributed by atoms with E-state index in [9.17, 15) is 19.8 Å². The maximum atomic E-state index is 12.5. The number of carbonyl (C=O) groups excluding carboxylic acids is 2. The van der Waals surface area contributed by atoms with Gasteiger partial charge in [-0.05, 0) is 51.4 Å². The van der Waals surface area contributed by atoms with E-state index in [4.69, 9.17) is 4.74 Å². The van der Waals surface area contributed by atoms with Crippen LogP contribution < -0.4 is 5.32 Å². The average Bonchev–Trinajstić information content (AvgIpc) is 3.49. The van der Waals surface area contributed by atoms with Crippen molar-refractivity contribution in [1.29, 1.82) is 0 Å². The molecule has 2 unspecified atom stereocenters. The lowest BCUT2D eigenvalue weighted by Crippen LogP contribution is -2.45. The summed E-state index contributed by atoms with van der Waals surface area (Å²) in [6.45, 7) is 4.99. The molecule has 2 atom stereocenters. The van der Waals surface area contributed by atoms with E-state index in [2.05, 4.69) is 31.3 Å². The van der Waals surface area contributed by atoms with Gasteiger partial charge in [0, 0.05) is 12.8 Å². The lowest BCUT2D eigenvalue weighted by molar-refractivity contribution is -0.143. The van der Waals surface area contributed by atoms with Gasteiger partial charge < -0.3 is 20.3 Å². The summed E-state index contributed by atoms with van der Waals surface area (Å²) in [4.78, 5) is 24.6. The maximum Gasteiger partial charge on any atom is 0.305 e. The van der Waals surface area contributed by atoms with E-state index in [1.165, 1.54) is 366 Å². The molecule has 0 aromatic carbocycles. The summed E-state index contributed by atoms with van der Waals surface area (Å²) in [5.74, 6) is -0.0101. The minimum atomic E-state index is -0.660. The van der Waals surface area contributed by atoms with Crippen molar-refractivity contribution in [1.82, 2.24) is 5.32 Å². The number of esters is 1. The highest BCUT2D eigenvalue weighted by atomic mass is 16.5. The third-order valence-corrected chi connectivity index (χ3v) is 18.3. The van der Waals surface area contributed by atoms with E-state index in [1.54, 1.807) is 0 Å². The highest BCUT2D eigenvalue weighted by Crippen LogP contribution is 2.20. The number of aliphatic hydroxyl groups excluding tert-OH is 2. The van der Waals surface area contributed by atoms with Gasteiger partial charge in [-0.1, -0.05) is 392 Å². The van der Waals surface area contributed by atoms with Crippen molar-refractivity contribution >= 4 is 11.9 Å². The normalized spacial score (nSPS) is 12.5. The van der Waals surface area contributed by atoms with Crippen molar-refractivity contribution in [3.63, 3.8) is 0 Å². The number of carbonyl (C=O) groups is 2. The first-order valence-electron chi connectivity index (χ1n) is 38.4. The van der Waals surface area contributed by atoms with Crippen LogP contribution >= 0.6 is 0 Å². The number of nitrogens with one attached hydrogen (secondary N) is 1. The molecule has 0 spiro atoms. The molecular formula is C77H151NO5.